The third kappa shape index (κ3) is 17.4. The normalized spacial score (nSPS) is 10.1. The van der Waals surface area contributed by atoms with Crippen molar-refractivity contribution in [1.82, 2.24) is 4.90 Å². The van der Waals surface area contributed by atoms with E-state index in [1.165, 1.54) is 51.7 Å². The summed E-state index contributed by atoms with van der Waals surface area (Å²) >= 11 is 0. The van der Waals surface area contributed by atoms with Crippen LogP contribution in [-0.4, -0.2) is 37.1 Å². The largest absolute Gasteiger partial charge is 0.466 e. The van der Waals surface area contributed by atoms with E-state index >= 15 is 0 Å². The van der Waals surface area contributed by atoms with Crippen LogP contribution in [0.2, 0.25) is 0 Å². The quantitative estimate of drug-likeness (QED) is 0.409. The summed E-state index contributed by atoms with van der Waals surface area (Å²) in [7, 11) is 0. The molecule has 0 spiro atoms. The van der Waals surface area contributed by atoms with Gasteiger partial charge in [-0.1, -0.05) is 59.8 Å². The van der Waals surface area contributed by atoms with Gasteiger partial charge in [-0.15, -0.1) is 0 Å². The SMILES string of the molecule is CCCCCCCCC(=O)OCC.CCN(CC)CC. The molecule has 0 amide bonds. The van der Waals surface area contributed by atoms with Gasteiger partial charge in [0.05, 0.1) is 6.61 Å². The molecule has 0 N–H and O–H groups in total. The van der Waals surface area contributed by atoms with Crippen molar-refractivity contribution in [2.24, 2.45) is 0 Å². The molecule has 0 aliphatic carbocycles. The van der Waals surface area contributed by atoms with Crippen molar-refractivity contribution in [2.45, 2.75) is 79.6 Å². The average Bonchev–Trinajstić information content (AvgIpc) is 2.45. The molecule has 0 unspecified atom stereocenters. The molecule has 0 aromatic carbocycles. The number of unbranched alkanes of at least 4 members (excludes halogenated alkanes) is 5. The molecule has 0 heterocycles. The lowest BCUT2D eigenvalue weighted by Crippen LogP contribution is -2.21. The number of rotatable bonds is 11. The van der Waals surface area contributed by atoms with Gasteiger partial charge in [-0.3, -0.25) is 4.79 Å². The predicted molar refractivity (Wildman–Crippen MR) is 88.1 cm³/mol. The zero-order chi connectivity index (χ0) is 15.6. The van der Waals surface area contributed by atoms with Gasteiger partial charge in [0.2, 0.25) is 0 Å². The van der Waals surface area contributed by atoms with Crippen LogP contribution in [0.1, 0.15) is 79.6 Å². The minimum atomic E-state index is -0.0435. The number of hydrogen-bond donors (Lipinski definition) is 0. The third-order valence-electron chi connectivity index (χ3n) is 3.38. The van der Waals surface area contributed by atoms with Gasteiger partial charge in [-0.25, -0.2) is 0 Å². The lowest BCUT2D eigenvalue weighted by Gasteiger charge is -2.13. The van der Waals surface area contributed by atoms with E-state index in [0.717, 1.165) is 6.42 Å². The zero-order valence-electron chi connectivity index (χ0n) is 14.5. The van der Waals surface area contributed by atoms with E-state index in [-0.39, 0.29) is 5.97 Å². The maximum absolute atomic E-state index is 10.9. The molecule has 0 aromatic rings. The number of ether oxygens (including phenoxy) is 1. The summed E-state index contributed by atoms with van der Waals surface area (Å²) in [6, 6.07) is 0. The molecular weight excluding hydrogens is 250 g/mol. The molecule has 0 bridgehead atoms. The van der Waals surface area contributed by atoms with Crippen molar-refractivity contribution in [3.63, 3.8) is 0 Å². The fraction of sp³-hybridized carbons (Fsp3) is 0.941. The van der Waals surface area contributed by atoms with Gasteiger partial charge in [0.1, 0.15) is 0 Å². The topological polar surface area (TPSA) is 29.5 Å². The molecule has 3 nitrogen and oxygen atoms in total. The second-order valence-corrected chi connectivity index (χ2v) is 4.94. The highest BCUT2D eigenvalue weighted by Gasteiger charge is 1.99. The predicted octanol–water partition coefficient (Wildman–Crippen LogP) is 4.65. The molecule has 3 heteroatoms. The van der Waals surface area contributed by atoms with Crippen LogP contribution in [0.5, 0.6) is 0 Å². The number of hydrogen-bond acceptors (Lipinski definition) is 3. The van der Waals surface area contributed by atoms with Crippen molar-refractivity contribution in [3.8, 4) is 0 Å². The Kier molecular flexibility index (Phi) is 20.0. The minimum absolute atomic E-state index is 0.0435. The first kappa shape index (κ1) is 21.7. The summed E-state index contributed by atoms with van der Waals surface area (Å²) < 4.78 is 4.83. The van der Waals surface area contributed by atoms with Crippen molar-refractivity contribution < 1.29 is 9.53 Å². The van der Waals surface area contributed by atoms with Gasteiger partial charge in [0.25, 0.3) is 0 Å². The van der Waals surface area contributed by atoms with Crippen molar-refractivity contribution in [2.75, 3.05) is 26.2 Å². The Balaban J connectivity index is 0. The van der Waals surface area contributed by atoms with Gasteiger partial charge < -0.3 is 9.64 Å². The van der Waals surface area contributed by atoms with Crippen LogP contribution in [0.3, 0.4) is 0 Å². The minimum Gasteiger partial charge on any atom is -0.466 e. The van der Waals surface area contributed by atoms with E-state index < -0.39 is 0 Å². The standard InChI is InChI=1S/C11H22O2.C6H15N/c1-3-5-6-7-8-9-10-11(12)13-4-2;1-4-7(5-2)6-3/h3-10H2,1-2H3;4-6H2,1-3H3. The summed E-state index contributed by atoms with van der Waals surface area (Å²) in [6.07, 6.45) is 7.91. The molecule has 0 fully saturated rings. The number of carbonyl (C=O) groups is 1. The maximum Gasteiger partial charge on any atom is 0.305 e. The monoisotopic (exact) mass is 287 g/mol. The average molecular weight is 287 g/mol. The number of esters is 1. The molecule has 0 radical (unpaired) electrons. The van der Waals surface area contributed by atoms with Crippen molar-refractivity contribution in [3.05, 3.63) is 0 Å². The first-order valence-electron chi connectivity index (χ1n) is 8.53. The Morgan fingerprint density at radius 2 is 1.30 bits per heavy atom. The number of carbonyl (C=O) groups excluding carboxylic acids is 1. The summed E-state index contributed by atoms with van der Waals surface area (Å²) in [6.45, 7) is 14.7. The van der Waals surface area contributed by atoms with Gasteiger partial charge in [-0.05, 0) is 33.0 Å². The summed E-state index contributed by atoms with van der Waals surface area (Å²) in [5, 5.41) is 0. The van der Waals surface area contributed by atoms with Crippen molar-refractivity contribution in [1.29, 1.82) is 0 Å². The Morgan fingerprint density at radius 1 is 0.800 bits per heavy atom. The lowest BCUT2D eigenvalue weighted by molar-refractivity contribution is -0.143. The highest BCUT2D eigenvalue weighted by Crippen LogP contribution is 2.07. The fourth-order valence-electron chi connectivity index (χ4n) is 1.95. The summed E-state index contributed by atoms with van der Waals surface area (Å²) in [5.74, 6) is -0.0435. The van der Waals surface area contributed by atoms with Crippen LogP contribution >= 0.6 is 0 Å². The molecule has 0 aliphatic rings. The van der Waals surface area contributed by atoms with Crippen molar-refractivity contribution >= 4 is 5.97 Å². The van der Waals surface area contributed by atoms with Crippen LogP contribution in [0.4, 0.5) is 0 Å². The highest BCUT2D eigenvalue weighted by molar-refractivity contribution is 5.69. The summed E-state index contributed by atoms with van der Waals surface area (Å²) in [5.41, 5.74) is 0. The van der Waals surface area contributed by atoms with E-state index in [4.69, 9.17) is 4.74 Å². The number of nitrogens with zero attached hydrogens (tertiary/aromatic N) is 1. The van der Waals surface area contributed by atoms with Gasteiger partial charge in [-0.2, -0.15) is 0 Å². The van der Waals surface area contributed by atoms with Crippen LogP contribution in [0.15, 0.2) is 0 Å². The molecule has 0 rings (SSSR count). The second kappa shape index (κ2) is 18.4. The molecule has 20 heavy (non-hydrogen) atoms. The Hall–Kier alpha value is -0.570. The molecule has 122 valence electrons. The molecule has 0 aliphatic heterocycles. The van der Waals surface area contributed by atoms with Gasteiger partial charge >= 0.3 is 5.97 Å². The molecule has 0 saturated carbocycles. The van der Waals surface area contributed by atoms with Crippen LogP contribution in [0, 0.1) is 0 Å². The molecular formula is C17H37NO2. The van der Waals surface area contributed by atoms with Crippen LogP contribution in [0.25, 0.3) is 0 Å². The van der Waals surface area contributed by atoms with E-state index in [1.54, 1.807) is 0 Å². The lowest BCUT2D eigenvalue weighted by atomic mass is 10.1. The maximum atomic E-state index is 10.9. The molecule has 0 saturated heterocycles. The fourth-order valence-corrected chi connectivity index (χ4v) is 1.95. The first-order chi connectivity index (χ1) is 9.65. The smallest absolute Gasteiger partial charge is 0.305 e. The van der Waals surface area contributed by atoms with E-state index in [1.807, 2.05) is 6.92 Å². The Bertz CT molecular complexity index is 186. The molecule has 0 atom stereocenters. The summed E-state index contributed by atoms with van der Waals surface area (Å²) in [4.78, 5) is 13.3. The zero-order valence-corrected chi connectivity index (χ0v) is 14.5. The van der Waals surface area contributed by atoms with E-state index in [0.29, 0.717) is 13.0 Å². The van der Waals surface area contributed by atoms with Gasteiger partial charge in [0.15, 0.2) is 0 Å². The van der Waals surface area contributed by atoms with Gasteiger partial charge in [0, 0.05) is 6.42 Å². The van der Waals surface area contributed by atoms with E-state index in [2.05, 4.69) is 32.6 Å². The van der Waals surface area contributed by atoms with Crippen LogP contribution in [-0.2, 0) is 9.53 Å². The first-order valence-corrected chi connectivity index (χ1v) is 8.53. The van der Waals surface area contributed by atoms with Crippen LogP contribution < -0.4 is 0 Å². The van der Waals surface area contributed by atoms with E-state index in [9.17, 15) is 4.79 Å². The second-order valence-electron chi connectivity index (χ2n) is 4.94. The third-order valence-corrected chi connectivity index (χ3v) is 3.38. The Morgan fingerprint density at radius 3 is 1.70 bits per heavy atom. The Labute approximate surface area is 127 Å². The highest BCUT2D eigenvalue weighted by atomic mass is 16.5. The molecule has 0 aromatic heterocycles.